The largest absolute Gasteiger partial charge is 0.480 e. The highest BCUT2D eigenvalue weighted by Crippen LogP contribution is 2.36. The fraction of sp³-hybridized carbons (Fsp3) is 0.103. The molecular weight excluding hydrogens is 470 g/mol. The molecule has 0 spiro atoms. The van der Waals surface area contributed by atoms with Crippen molar-refractivity contribution in [2.24, 2.45) is 5.73 Å². The zero-order chi connectivity index (χ0) is 25.1. The Hall–Kier alpha value is -4.23. The third-order valence-corrected chi connectivity index (χ3v) is 7.18. The summed E-state index contributed by atoms with van der Waals surface area (Å²) in [5.74, 6) is -0.374. The number of carboxylic acid groups (broad SMARTS) is 1. The van der Waals surface area contributed by atoms with E-state index in [1.807, 2.05) is 18.2 Å². The maximum Gasteiger partial charge on any atom is 0.327 e. The highest BCUT2D eigenvalue weighted by atomic mass is 32.2. The van der Waals surface area contributed by atoms with Crippen LogP contribution in [-0.2, 0) is 10.5 Å². The van der Waals surface area contributed by atoms with E-state index in [9.17, 15) is 9.90 Å². The van der Waals surface area contributed by atoms with E-state index in [2.05, 4.69) is 78.1 Å². The van der Waals surface area contributed by atoms with Crippen LogP contribution in [-0.4, -0.2) is 28.8 Å². The van der Waals surface area contributed by atoms with Crippen molar-refractivity contribution in [3.05, 3.63) is 96.6 Å². The van der Waals surface area contributed by atoms with E-state index >= 15 is 0 Å². The van der Waals surface area contributed by atoms with Gasteiger partial charge in [-0.3, -0.25) is 5.41 Å². The fourth-order valence-electron chi connectivity index (χ4n) is 4.27. The summed E-state index contributed by atoms with van der Waals surface area (Å²) in [6.45, 7) is 0. The SMILES string of the molecule is N=C(N)NC(CSCc1ccc(-c2ccc(-c3cccc4c3oc3ccccc34)cc2)cc1)C(=O)O. The number of hydrogen-bond donors (Lipinski definition) is 4. The fourth-order valence-corrected chi connectivity index (χ4v) is 5.27. The number of aliphatic carboxylic acids is 1. The summed E-state index contributed by atoms with van der Waals surface area (Å²) in [7, 11) is 0. The summed E-state index contributed by atoms with van der Waals surface area (Å²) in [5.41, 5.74) is 12.6. The summed E-state index contributed by atoms with van der Waals surface area (Å²) in [6.07, 6.45) is 0. The molecule has 180 valence electrons. The second-order valence-corrected chi connectivity index (χ2v) is 9.55. The van der Waals surface area contributed by atoms with Crippen molar-refractivity contribution in [3.8, 4) is 22.3 Å². The van der Waals surface area contributed by atoms with Crippen molar-refractivity contribution in [2.75, 3.05) is 5.75 Å². The van der Waals surface area contributed by atoms with Gasteiger partial charge in [-0.2, -0.15) is 11.8 Å². The van der Waals surface area contributed by atoms with Crippen molar-refractivity contribution < 1.29 is 14.3 Å². The molecule has 5 rings (SSSR count). The average molecular weight is 496 g/mol. The molecule has 0 saturated heterocycles. The maximum atomic E-state index is 11.3. The van der Waals surface area contributed by atoms with Gasteiger partial charge in [0.2, 0.25) is 0 Å². The van der Waals surface area contributed by atoms with E-state index < -0.39 is 12.0 Å². The lowest BCUT2D eigenvalue weighted by atomic mass is 9.98. The van der Waals surface area contributed by atoms with E-state index in [1.165, 1.54) is 11.8 Å². The van der Waals surface area contributed by atoms with Gasteiger partial charge in [0, 0.05) is 27.8 Å². The zero-order valence-electron chi connectivity index (χ0n) is 19.4. The van der Waals surface area contributed by atoms with Gasteiger partial charge in [-0.15, -0.1) is 0 Å². The number of nitrogens with two attached hydrogens (primary N) is 1. The Morgan fingerprint density at radius 3 is 2.22 bits per heavy atom. The van der Waals surface area contributed by atoms with Crippen molar-refractivity contribution in [1.29, 1.82) is 5.41 Å². The molecule has 7 heteroatoms. The third kappa shape index (κ3) is 4.92. The first kappa shape index (κ1) is 23.5. The van der Waals surface area contributed by atoms with Crippen molar-refractivity contribution >= 4 is 45.6 Å². The van der Waals surface area contributed by atoms with E-state index in [-0.39, 0.29) is 5.96 Å². The summed E-state index contributed by atoms with van der Waals surface area (Å²) >= 11 is 1.48. The van der Waals surface area contributed by atoms with Gasteiger partial charge < -0.3 is 20.6 Å². The van der Waals surface area contributed by atoms with Gasteiger partial charge in [-0.25, -0.2) is 4.79 Å². The van der Waals surface area contributed by atoms with Crippen LogP contribution < -0.4 is 11.1 Å². The first-order chi connectivity index (χ1) is 17.5. The number of carbonyl (C=O) groups is 1. The molecule has 0 saturated carbocycles. The van der Waals surface area contributed by atoms with E-state index in [4.69, 9.17) is 15.6 Å². The molecule has 1 atom stereocenters. The lowest BCUT2D eigenvalue weighted by Crippen LogP contribution is -2.45. The van der Waals surface area contributed by atoms with Gasteiger partial charge in [-0.05, 0) is 28.3 Å². The van der Waals surface area contributed by atoms with Crippen LogP contribution in [0.25, 0.3) is 44.2 Å². The highest BCUT2D eigenvalue weighted by Gasteiger charge is 2.17. The standard InChI is InChI=1S/C29H25N3O3S/c30-29(31)32-25(28(33)34)17-36-16-18-8-10-19(11-9-18)20-12-14-21(15-13-20)22-5-3-6-24-23-4-1-2-7-26(23)35-27(22)24/h1-15,25H,16-17H2,(H,33,34)(H4,30,31,32). The Morgan fingerprint density at radius 2 is 1.53 bits per heavy atom. The van der Waals surface area contributed by atoms with Crippen molar-refractivity contribution in [3.63, 3.8) is 0 Å². The van der Waals surface area contributed by atoms with Gasteiger partial charge >= 0.3 is 5.97 Å². The first-order valence-corrected chi connectivity index (χ1v) is 12.7. The lowest BCUT2D eigenvalue weighted by molar-refractivity contribution is -0.138. The van der Waals surface area contributed by atoms with Crippen LogP contribution in [0.5, 0.6) is 0 Å². The predicted molar refractivity (Wildman–Crippen MR) is 147 cm³/mol. The Kier molecular flexibility index (Phi) is 6.64. The highest BCUT2D eigenvalue weighted by molar-refractivity contribution is 7.98. The number of rotatable bonds is 8. The first-order valence-electron chi connectivity index (χ1n) is 11.5. The van der Waals surface area contributed by atoms with Crippen molar-refractivity contribution in [2.45, 2.75) is 11.8 Å². The number of carboxylic acids is 1. The molecule has 5 N–H and O–H groups in total. The average Bonchev–Trinajstić information content (AvgIpc) is 3.27. The molecule has 4 aromatic carbocycles. The van der Waals surface area contributed by atoms with Crippen LogP contribution in [0, 0.1) is 5.41 Å². The number of para-hydroxylation sites is 2. The summed E-state index contributed by atoms with van der Waals surface area (Å²) in [4.78, 5) is 11.3. The molecule has 0 amide bonds. The Bertz CT molecular complexity index is 1540. The molecule has 0 bridgehead atoms. The van der Waals surface area contributed by atoms with Crippen molar-refractivity contribution in [1.82, 2.24) is 5.32 Å². The number of nitrogens with one attached hydrogen (secondary N) is 2. The smallest absolute Gasteiger partial charge is 0.327 e. The molecule has 1 heterocycles. The second kappa shape index (κ2) is 10.2. The van der Waals surface area contributed by atoms with E-state index in [1.54, 1.807) is 0 Å². The maximum absolute atomic E-state index is 11.3. The summed E-state index contributed by atoms with van der Waals surface area (Å²) < 4.78 is 6.19. The molecule has 0 aliphatic rings. The molecule has 1 aromatic heterocycles. The Balaban J connectivity index is 1.29. The minimum atomic E-state index is -1.02. The number of benzene rings is 4. The number of thioether (sulfide) groups is 1. The minimum Gasteiger partial charge on any atom is -0.480 e. The van der Waals surface area contributed by atoms with E-state index in [0.717, 1.165) is 49.8 Å². The van der Waals surface area contributed by atoms with Gasteiger partial charge in [0.25, 0.3) is 0 Å². The zero-order valence-corrected chi connectivity index (χ0v) is 20.2. The predicted octanol–water partition coefficient (Wildman–Crippen LogP) is 6.09. The van der Waals surface area contributed by atoms with Crippen LogP contribution >= 0.6 is 11.8 Å². The van der Waals surface area contributed by atoms with Gasteiger partial charge in [0.1, 0.15) is 17.2 Å². The molecule has 0 aliphatic heterocycles. The van der Waals surface area contributed by atoms with Gasteiger partial charge in [0.05, 0.1) is 0 Å². The quantitative estimate of drug-likeness (QED) is 0.153. The molecule has 36 heavy (non-hydrogen) atoms. The number of furan rings is 1. The molecule has 5 aromatic rings. The normalized spacial score (nSPS) is 12.0. The third-order valence-electron chi connectivity index (χ3n) is 6.07. The summed E-state index contributed by atoms with van der Waals surface area (Å²) in [6, 6.07) is 30.2. The second-order valence-electron chi connectivity index (χ2n) is 8.52. The Morgan fingerprint density at radius 1 is 0.889 bits per heavy atom. The molecule has 0 fully saturated rings. The Labute approximate surface area is 212 Å². The molecule has 0 aliphatic carbocycles. The molecular formula is C29H25N3O3S. The number of guanidine groups is 1. The van der Waals surface area contributed by atoms with Crippen LogP contribution in [0.4, 0.5) is 0 Å². The molecule has 1 unspecified atom stereocenters. The molecule has 6 nitrogen and oxygen atoms in total. The monoisotopic (exact) mass is 495 g/mol. The number of fused-ring (bicyclic) bond motifs is 3. The van der Waals surface area contributed by atoms with E-state index in [0.29, 0.717) is 11.5 Å². The topological polar surface area (TPSA) is 112 Å². The van der Waals surface area contributed by atoms with Crippen LogP contribution in [0.1, 0.15) is 5.56 Å². The summed E-state index contributed by atoms with van der Waals surface area (Å²) in [5, 5.41) is 21.2. The molecule has 0 radical (unpaired) electrons. The van der Waals surface area contributed by atoms with Crippen LogP contribution in [0.15, 0.2) is 95.4 Å². The lowest BCUT2D eigenvalue weighted by Gasteiger charge is -2.13. The minimum absolute atomic E-state index is 0.316. The number of hydrogen-bond acceptors (Lipinski definition) is 4. The van der Waals surface area contributed by atoms with Crippen LogP contribution in [0.3, 0.4) is 0 Å². The van der Waals surface area contributed by atoms with Gasteiger partial charge in [0.15, 0.2) is 5.96 Å². The van der Waals surface area contributed by atoms with Gasteiger partial charge in [-0.1, -0.05) is 84.9 Å². The van der Waals surface area contributed by atoms with Crippen LogP contribution in [0.2, 0.25) is 0 Å².